The summed E-state index contributed by atoms with van der Waals surface area (Å²) < 4.78 is 1.93. The molecule has 0 atom stereocenters. The third-order valence-electron chi connectivity index (χ3n) is 4.97. The molecule has 0 saturated carbocycles. The number of anilines is 1. The third kappa shape index (κ3) is 3.15. The number of hydrogen-bond acceptors (Lipinski definition) is 2. The summed E-state index contributed by atoms with van der Waals surface area (Å²) in [5.74, 6) is 0.164. The zero-order chi connectivity index (χ0) is 18.1. The molecule has 4 nitrogen and oxygen atoms in total. The van der Waals surface area contributed by atoms with Gasteiger partial charge in [-0.2, -0.15) is 5.10 Å². The van der Waals surface area contributed by atoms with Gasteiger partial charge >= 0.3 is 0 Å². The Kier molecular flexibility index (Phi) is 4.33. The van der Waals surface area contributed by atoms with Gasteiger partial charge in [-0.05, 0) is 49.6 Å². The highest BCUT2D eigenvalue weighted by Crippen LogP contribution is 2.32. The number of rotatable bonds is 4. The average Bonchev–Trinajstić information content (AvgIpc) is 3.28. The van der Waals surface area contributed by atoms with Gasteiger partial charge in [-0.1, -0.05) is 35.9 Å². The van der Waals surface area contributed by atoms with E-state index in [2.05, 4.69) is 49.3 Å². The number of carbonyl (C=O) groups is 1. The normalized spacial score (nSPS) is 13.1. The van der Waals surface area contributed by atoms with Crippen LogP contribution >= 0.6 is 0 Å². The van der Waals surface area contributed by atoms with E-state index in [0.717, 1.165) is 42.0 Å². The molecule has 4 rings (SSSR count). The molecule has 3 aromatic rings. The van der Waals surface area contributed by atoms with E-state index in [4.69, 9.17) is 0 Å². The molecule has 1 aromatic heterocycles. The van der Waals surface area contributed by atoms with E-state index in [1.165, 1.54) is 11.1 Å². The molecule has 2 aromatic carbocycles. The van der Waals surface area contributed by atoms with Crippen LogP contribution in [0.3, 0.4) is 0 Å². The first-order valence-corrected chi connectivity index (χ1v) is 9.16. The van der Waals surface area contributed by atoms with Crippen LogP contribution in [0.15, 0.2) is 54.7 Å². The van der Waals surface area contributed by atoms with Crippen molar-refractivity contribution in [3.8, 4) is 11.3 Å². The molecule has 0 saturated heterocycles. The number of amides is 1. The maximum atomic E-state index is 12.8. The lowest BCUT2D eigenvalue weighted by Gasteiger charge is -2.18. The van der Waals surface area contributed by atoms with Crippen molar-refractivity contribution in [2.75, 3.05) is 11.4 Å². The van der Waals surface area contributed by atoms with Crippen molar-refractivity contribution in [2.45, 2.75) is 33.2 Å². The molecule has 26 heavy (non-hydrogen) atoms. The molecule has 2 heterocycles. The van der Waals surface area contributed by atoms with Gasteiger partial charge in [-0.3, -0.25) is 9.48 Å². The molecule has 132 valence electrons. The van der Waals surface area contributed by atoms with Crippen molar-refractivity contribution >= 4 is 11.6 Å². The highest BCUT2D eigenvalue weighted by molar-refractivity contribution is 5.97. The lowest BCUT2D eigenvalue weighted by molar-refractivity contribution is -0.117. The summed E-state index contributed by atoms with van der Waals surface area (Å²) in [5.41, 5.74) is 6.63. The van der Waals surface area contributed by atoms with Crippen LogP contribution in [0.5, 0.6) is 0 Å². The van der Waals surface area contributed by atoms with Gasteiger partial charge in [0.2, 0.25) is 5.91 Å². The number of benzene rings is 2. The van der Waals surface area contributed by atoms with Gasteiger partial charge < -0.3 is 4.90 Å². The Morgan fingerprint density at radius 1 is 1.15 bits per heavy atom. The number of hydrogen-bond donors (Lipinski definition) is 0. The van der Waals surface area contributed by atoms with Crippen LogP contribution in [-0.2, 0) is 24.2 Å². The second kappa shape index (κ2) is 6.79. The van der Waals surface area contributed by atoms with Crippen molar-refractivity contribution < 1.29 is 4.79 Å². The zero-order valence-corrected chi connectivity index (χ0v) is 15.3. The molecule has 1 amide bonds. The van der Waals surface area contributed by atoms with Crippen LogP contribution in [0.25, 0.3) is 11.3 Å². The number of aryl methyl sites for hydroxylation is 2. The number of aromatic nitrogens is 2. The highest BCUT2D eigenvalue weighted by atomic mass is 16.2. The van der Waals surface area contributed by atoms with Crippen LogP contribution in [-0.4, -0.2) is 22.2 Å². The third-order valence-corrected chi connectivity index (χ3v) is 4.97. The first-order valence-electron chi connectivity index (χ1n) is 9.16. The molecule has 0 unspecified atom stereocenters. The van der Waals surface area contributed by atoms with E-state index in [0.29, 0.717) is 6.42 Å². The fourth-order valence-electron chi connectivity index (χ4n) is 3.60. The zero-order valence-electron chi connectivity index (χ0n) is 15.3. The number of nitrogens with zero attached hydrogens (tertiary/aromatic N) is 3. The molecule has 0 fully saturated rings. The largest absolute Gasteiger partial charge is 0.312 e. The number of fused-ring (bicyclic) bond motifs is 1. The van der Waals surface area contributed by atoms with E-state index < -0.39 is 0 Å². The summed E-state index contributed by atoms with van der Waals surface area (Å²) in [5, 5.41) is 4.58. The molecule has 0 bridgehead atoms. The number of carbonyl (C=O) groups excluding carboxylic acids is 1. The quantitative estimate of drug-likeness (QED) is 0.716. The minimum atomic E-state index is 0.164. The van der Waals surface area contributed by atoms with Crippen LogP contribution in [0.2, 0.25) is 0 Å². The predicted octanol–water partition coefficient (Wildman–Crippen LogP) is 4.01. The Balaban J connectivity index is 1.55. The van der Waals surface area contributed by atoms with Gasteiger partial charge in [0.15, 0.2) is 0 Å². The first-order chi connectivity index (χ1) is 12.6. The average molecular weight is 345 g/mol. The van der Waals surface area contributed by atoms with Gasteiger partial charge in [0.05, 0.1) is 12.1 Å². The van der Waals surface area contributed by atoms with Crippen LogP contribution < -0.4 is 4.90 Å². The van der Waals surface area contributed by atoms with Gasteiger partial charge in [0, 0.05) is 30.5 Å². The molecule has 0 radical (unpaired) electrons. The standard InChI is InChI=1S/C22H23N3O/c1-3-24-11-10-20(23-24)18-7-8-21-19(15-18)9-12-25(21)22(26)14-17-6-4-5-16(2)13-17/h4-8,10-11,13,15H,3,9,12,14H2,1-2H3. The molecule has 0 spiro atoms. The smallest absolute Gasteiger partial charge is 0.231 e. The van der Waals surface area contributed by atoms with E-state index in [9.17, 15) is 4.79 Å². The van der Waals surface area contributed by atoms with Gasteiger partial charge in [0.25, 0.3) is 0 Å². The van der Waals surface area contributed by atoms with Crippen molar-refractivity contribution in [3.63, 3.8) is 0 Å². The Bertz CT molecular complexity index is 958. The van der Waals surface area contributed by atoms with Gasteiger partial charge in [-0.25, -0.2) is 0 Å². The predicted molar refractivity (Wildman–Crippen MR) is 104 cm³/mol. The fraction of sp³-hybridized carbons (Fsp3) is 0.273. The summed E-state index contributed by atoms with van der Waals surface area (Å²) in [6, 6.07) is 16.5. The molecular weight excluding hydrogens is 322 g/mol. The minimum Gasteiger partial charge on any atom is -0.312 e. The van der Waals surface area contributed by atoms with E-state index in [1.807, 2.05) is 34.0 Å². The van der Waals surface area contributed by atoms with E-state index in [1.54, 1.807) is 0 Å². The Morgan fingerprint density at radius 2 is 2.04 bits per heavy atom. The lowest BCUT2D eigenvalue weighted by atomic mass is 10.1. The van der Waals surface area contributed by atoms with Gasteiger partial charge in [0.1, 0.15) is 0 Å². The summed E-state index contributed by atoms with van der Waals surface area (Å²) in [6.07, 6.45) is 3.35. The Labute approximate surface area is 154 Å². The van der Waals surface area contributed by atoms with E-state index >= 15 is 0 Å². The molecule has 0 N–H and O–H groups in total. The maximum Gasteiger partial charge on any atom is 0.231 e. The second-order valence-electron chi connectivity index (χ2n) is 6.86. The van der Waals surface area contributed by atoms with Crippen molar-refractivity contribution in [2.24, 2.45) is 0 Å². The van der Waals surface area contributed by atoms with Crippen molar-refractivity contribution in [1.29, 1.82) is 0 Å². The molecular formula is C22H23N3O. The van der Waals surface area contributed by atoms with Crippen LogP contribution in [0.1, 0.15) is 23.6 Å². The highest BCUT2D eigenvalue weighted by Gasteiger charge is 2.25. The molecule has 0 aliphatic carbocycles. The maximum absolute atomic E-state index is 12.8. The first kappa shape index (κ1) is 16.6. The Hall–Kier alpha value is -2.88. The second-order valence-corrected chi connectivity index (χ2v) is 6.86. The summed E-state index contributed by atoms with van der Waals surface area (Å²) in [6.45, 7) is 5.76. The van der Waals surface area contributed by atoms with Crippen molar-refractivity contribution in [1.82, 2.24) is 9.78 Å². The lowest BCUT2D eigenvalue weighted by Crippen LogP contribution is -2.30. The minimum absolute atomic E-state index is 0.164. The molecule has 1 aliphatic rings. The monoisotopic (exact) mass is 345 g/mol. The van der Waals surface area contributed by atoms with E-state index in [-0.39, 0.29) is 5.91 Å². The van der Waals surface area contributed by atoms with Gasteiger partial charge in [-0.15, -0.1) is 0 Å². The molecule has 1 aliphatic heterocycles. The summed E-state index contributed by atoms with van der Waals surface area (Å²) in [4.78, 5) is 14.7. The topological polar surface area (TPSA) is 38.1 Å². The van der Waals surface area contributed by atoms with Crippen LogP contribution in [0.4, 0.5) is 5.69 Å². The SMILES string of the molecule is CCn1ccc(-c2ccc3c(c2)CCN3C(=O)Cc2cccc(C)c2)n1. The summed E-state index contributed by atoms with van der Waals surface area (Å²) >= 11 is 0. The Morgan fingerprint density at radius 3 is 2.81 bits per heavy atom. The van der Waals surface area contributed by atoms with Crippen LogP contribution in [0, 0.1) is 6.92 Å². The summed E-state index contributed by atoms with van der Waals surface area (Å²) in [7, 11) is 0. The van der Waals surface area contributed by atoms with Crippen molar-refractivity contribution in [3.05, 3.63) is 71.4 Å². The molecule has 4 heteroatoms. The fourth-order valence-corrected chi connectivity index (χ4v) is 3.60.